The lowest BCUT2D eigenvalue weighted by Gasteiger charge is -2.28. The van der Waals surface area contributed by atoms with Gasteiger partial charge in [0, 0.05) is 13.0 Å². The normalized spacial score (nSPS) is 15.4. The molecule has 3 rings (SSSR count). The maximum absolute atomic E-state index is 12.4. The second kappa shape index (κ2) is 9.33. The molecular formula is C22H26N2O3. The summed E-state index contributed by atoms with van der Waals surface area (Å²) in [4.78, 5) is 26.1. The molecule has 27 heavy (non-hydrogen) atoms. The van der Waals surface area contributed by atoms with Gasteiger partial charge >= 0.3 is 5.97 Å². The number of amides is 1. The van der Waals surface area contributed by atoms with Crippen molar-refractivity contribution < 1.29 is 14.7 Å². The molecule has 5 nitrogen and oxygen atoms in total. The van der Waals surface area contributed by atoms with Gasteiger partial charge < -0.3 is 10.4 Å². The topological polar surface area (TPSA) is 69.6 Å². The summed E-state index contributed by atoms with van der Waals surface area (Å²) in [5, 5.41) is 12.3. The number of aromatic carboxylic acids is 1. The quantitative estimate of drug-likeness (QED) is 0.752. The van der Waals surface area contributed by atoms with Gasteiger partial charge in [-0.25, -0.2) is 4.79 Å². The first kappa shape index (κ1) is 19.1. The molecule has 1 aliphatic rings. The van der Waals surface area contributed by atoms with Crippen LogP contribution in [-0.4, -0.2) is 41.5 Å². The molecule has 2 aromatic carbocycles. The van der Waals surface area contributed by atoms with Crippen LogP contribution in [0.1, 0.15) is 46.8 Å². The lowest BCUT2D eigenvalue weighted by Crippen LogP contribution is -2.36. The van der Waals surface area contributed by atoms with Crippen LogP contribution in [0.4, 0.5) is 0 Å². The predicted octanol–water partition coefficient (Wildman–Crippen LogP) is 3.27. The van der Waals surface area contributed by atoms with E-state index in [2.05, 4.69) is 22.3 Å². The van der Waals surface area contributed by atoms with Gasteiger partial charge in [-0.1, -0.05) is 48.5 Å². The molecule has 0 spiro atoms. The van der Waals surface area contributed by atoms with Gasteiger partial charge in [0.25, 0.3) is 0 Å². The smallest absolute Gasteiger partial charge is 0.335 e. The zero-order valence-electron chi connectivity index (χ0n) is 15.4. The highest BCUT2D eigenvalue weighted by molar-refractivity contribution is 5.89. The molecule has 0 radical (unpaired) electrons. The number of carbonyl (C=O) groups excluding carboxylic acids is 1. The third-order valence-electron chi connectivity index (χ3n) is 5.13. The van der Waals surface area contributed by atoms with Crippen LogP contribution in [0.5, 0.6) is 0 Å². The Kier molecular flexibility index (Phi) is 6.60. The Bertz CT molecular complexity index is 770. The van der Waals surface area contributed by atoms with Crippen LogP contribution in [0.25, 0.3) is 0 Å². The maximum Gasteiger partial charge on any atom is 0.335 e. The second-order valence-corrected chi connectivity index (χ2v) is 6.94. The standard InChI is InChI=1S/C22H26N2O3/c25-21(13-12-17-8-4-5-11-19(17)22(26)27)23-16-20(24-14-6-7-15-24)18-9-2-1-3-10-18/h1-5,8-11,20H,6-7,12-16H2,(H,23,25)(H,26,27). The fourth-order valence-corrected chi connectivity index (χ4v) is 3.68. The number of carboxylic acids is 1. The van der Waals surface area contributed by atoms with Gasteiger partial charge in [0.2, 0.25) is 5.91 Å². The van der Waals surface area contributed by atoms with Gasteiger partial charge in [0.15, 0.2) is 0 Å². The number of benzene rings is 2. The summed E-state index contributed by atoms with van der Waals surface area (Å²) in [5.41, 5.74) is 2.18. The first-order chi connectivity index (χ1) is 13.1. The fourth-order valence-electron chi connectivity index (χ4n) is 3.68. The highest BCUT2D eigenvalue weighted by atomic mass is 16.4. The van der Waals surface area contributed by atoms with Crippen LogP contribution in [0.3, 0.4) is 0 Å². The summed E-state index contributed by atoms with van der Waals surface area (Å²) in [5.74, 6) is -1.00. The molecule has 1 unspecified atom stereocenters. The molecule has 142 valence electrons. The Morgan fingerprint density at radius 3 is 2.37 bits per heavy atom. The molecule has 0 aromatic heterocycles. The van der Waals surface area contributed by atoms with Crippen LogP contribution >= 0.6 is 0 Å². The third-order valence-corrected chi connectivity index (χ3v) is 5.13. The van der Waals surface area contributed by atoms with Gasteiger partial charge in [-0.15, -0.1) is 0 Å². The number of nitrogens with zero attached hydrogens (tertiary/aromatic N) is 1. The summed E-state index contributed by atoms with van der Waals surface area (Å²) < 4.78 is 0. The van der Waals surface area contributed by atoms with E-state index in [0.29, 0.717) is 18.5 Å². The lowest BCUT2D eigenvalue weighted by molar-refractivity contribution is -0.121. The molecule has 2 N–H and O–H groups in total. The molecule has 1 aliphatic heterocycles. The summed E-state index contributed by atoms with van der Waals surface area (Å²) in [6, 6.07) is 17.3. The zero-order valence-corrected chi connectivity index (χ0v) is 15.4. The summed E-state index contributed by atoms with van der Waals surface area (Å²) >= 11 is 0. The van der Waals surface area contributed by atoms with Gasteiger partial charge in [-0.2, -0.15) is 0 Å². The second-order valence-electron chi connectivity index (χ2n) is 6.94. The van der Waals surface area contributed by atoms with E-state index < -0.39 is 5.97 Å². The number of hydrogen-bond donors (Lipinski definition) is 2. The van der Waals surface area contributed by atoms with E-state index in [-0.39, 0.29) is 23.9 Å². The molecule has 0 bridgehead atoms. The molecule has 1 fully saturated rings. The number of hydrogen-bond acceptors (Lipinski definition) is 3. The van der Waals surface area contributed by atoms with E-state index in [4.69, 9.17) is 0 Å². The molecule has 5 heteroatoms. The van der Waals surface area contributed by atoms with Gasteiger partial charge in [-0.3, -0.25) is 9.69 Å². The zero-order chi connectivity index (χ0) is 19.1. The van der Waals surface area contributed by atoms with Crippen molar-refractivity contribution in [1.29, 1.82) is 0 Å². The number of nitrogens with one attached hydrogen (secondary N) is 1. The number of rotatable bonds is 8. The first-order valence-electron chi connectivity index (χ1n) is 9.52. The van der Waals surface area contributed by atoms with E-state index >= 15 is 0 Å². The number of aryl methyl sites for hydroxylation is 1. The van der Waals surface area contributed by atoms with E-state index in [0.717, 1.165) is 13.1 Å². The third kappa shape index (κ3) is 5.17. The Morgan fingerprint density at radius 1 is 1.00 bits per heavy atom. The van der Waals surface area contributed by atoms with Crippen LogP contribution in [0.2, 0.25) is 0 Å². The van der Waals surface area contributed by atoms with Crippen molar-refractivity contribution in [2.24, 2.45) is 0 Å². The molecular weight excluding hydrogens is 340 g/mol. The Morgan fingerprint density at radius 2 is 1.67 bits per heavy atom. The van der Waals surface area contributed by atoms with E-state index in [1.165, 1.54) is 18.4 Å². The molecule has 0 saturated carbocycles. The Balaban J connectivity index is 1.57. The van der Waals surface area contributed by atoms with Crippen molar-refractivity contribution in [3.63, 3.8) is 0 Å². The molecule has 1 heterocycles. The van der Waals surface area contributed by atoms with Crippen molar-refractivity contribution in [2.45, 2.75) is 31.7 Å². The van der Waals surface area contributed by atoms with Crippen LogP contribution in [0, 0.1) is 0 Å². The van der Waals surface area contributed by atoms with Crippen LogP contribution < -0.4 is 5.32 Å². The summed E-state index contributed by atoms with van der Waals surface area (Å²) in [6.07, 6.45) is 3.10. The van der Waals surface area contributed by atoms with Crippen molar-refractivity contribution >= 4 is 11.9 Å². The average Bonchev–Trinajstić information content (AvgIpc) is 3.22. The van der Waals surface area contributed by atoms with Crippen molar-refractivity contribution in [2.75, 3.05) is 19.6 Å². The minimum atomic E-state index is -0.954. The van der Waals surface area contributed by atoms with E-state index in [9.17, 15) is 14.7 Å². The molecule has 1 amide bonds. The molecule has 1 atom stereocenters. The monoisotopic (exact) mass is 366 g/mol. The lowest BCUT2D eigenvalue weighted by atomic mass is 10.0. The first-order valence-corrected chi connectivity index (χ1v) is 9.52. The van der Waals surface area contributed by atoms with E-state index in [1.54, 1.807) is 24.3 Å². The van der Waals surface area contributed by atoms with Gasteiger partial charge in [0.05, 0.1) is 11.6 Å². The maximum atomic E-state index is 12.4. The number of carbonyl (C=O) groups is 2. The minimum Gasteiger partial charge on any atom is -0.478 e. The van der Waals surface area contributed by atoms with E-state index in [1.807, 2.05) is 18.2 Å². The Hall–Kier alpha value is -2.66. The molecule has 1 saturated heterocycles. The van der Waals surface area contributed by atoms with Crippen molar-refractivity contribution in [3.8, 4) is 0 Å². The number of likely N-dealkylation sites (tertiary alicyclic amines) is 1. The van der Waals surface area contributed by atoms with Crippen molar-refractivity contribution in [1.82, 2.24) is 10.2 Å². The number of carboxylic acid groups (broad SMARTS) is 1. The van der Waals surface area contributed by atoms with Gasteiger partial charge in [0.1, 0.15) is 0 Å². The summed E-state index contributed by atoms with van der Waals surface area (Å²) in [7, 11) is 0. The van der Waals surface area contributed by atoms with Crippen molar-refractivity contribution in [3.05, 3.63) is 71.3 Å². The highest BCUT2D eigenvalue weighted by Gasteiger charge is 2.23. The van der Waals surface area contributed by atoms with Crippen LogP contribution in [-0.2, 0) is 11.2 Å². The SMILES string of the molecule is O=C(CCc1ccccc1C(=O)O)NCC(c1ccccc1)N1CCCC1. The molecule has 0 aliphatic carbocycles. The Labute approximate surface area is 160 Å². The summed E-state index contributed by atoms with van der Waals surface area (Å²) in [6.45, 7) is 2.69. The molecule has 2 aromatic rings. The van der Waals surface area contributed by atoms with Gasteiger partial charge in [-0.05, 0) is 49.5 Å². The largest absolute Gasteiger partial charge is 0.478 e. The average molecular weight is 366 g/mol. The minimum absolute atomic E-state index is 0.0460. The highest BCUT2D eigenvalue weighted by Crippen LogP contribution is 2.24. The van der Waals surface area contributed by atoms with Crippen LogP contribution in [0.15, 0.2) is 54.6 Å². The fraction of sp³-hybridized carbons (Fsp3) is 0.364. The predicted molar refractivity (Wildman–Crippen MR) is 105 cm³/mol.